The molecule has 1 aromatic heterocycles. The molecule has 0 unspecified atom stereocenters. The van der Waals surface area contributed by atoms with Gasteiger partial charge in [0, 0.05) is 43.3 Å². The van der Waals surface area contributed by atoms with E-state index in [1.807, 2.05) is 0 Å². The Morgan fingerprint density at radius 1 is 0.449 bits per heavy atom. The number of aryl methyl sites for hydroxylation is 1. The summed E-state index contributed by atoms with van der Waals surface area (Å²) in [6.07, 6.45) is 7.18. The van der Waals surface area contributed by atoms with Crippen LogP contribution in [-0.4, -0.2) is 6.71 Å². The van der Waals surface area contributed by atoms with Crippen LogP contribution in [0.1, 0.15) is 213 Å². The maximum atomic E-state index is 2.79. The minimum atomic E-state index is -0.0980. The number of hydrogen-bond acceptors (Lipinski definition) is 3. The smallest absolute Gasteiger partial charge is 0.264 e. The lowest BCUT2D eigenvalue weighted by Gasteiger charge is -2.48. The van der Waals surface area contributed by atoms with Crippen LogP contribution in [-0.2, 0) is 43.3 Å². The van der Waals surface area contributed by atoms with E-state index in [9.17, 15) is 0 Å². The van der Waals surface area contributed by atoms with Gasteiger partial charge in [-0.2, -0.15) is 0 Å². The Balaban J connectivity index is 1.31. The van der Waals surface area contributed by atoms with Crippen LogP contribution in [0.5, 0.6) is 0 Å². The molecule has 5 aliphatic rings. The molecule has 3 heterocycles. The molecule has 69 heavy (non-hydrogen) atoms. The van der Waals surface area contributed by atoms with E-state index in [0.29, 0.717) is 0 Å². The summed E-state index contributed by atoms with van der Waals surface area (Å²) >= 11 is 2.09. The highest BCUT2D eigenvalue weighted by Gasteiger charge is 2.50. The summed E-state index contributed by atoms with van der Waals surface area (Å²) < 4.78 is 2.91. The van der Waals surface area contributed by atoms with Gasteiger partial charge in [0.05, 0.1) is 5.69 Å². The minimum Gasteiger partial charge on any atom is -0.311 e. The van der Waals surface area contributed by atoms with E-state index in [-0.39, 0.29) is 50.0 Å². The number of fused-ring (bicyclic) bond motifs is 9. The van der Waals surface area contributed by atoms with Crippen molar-refractivity contribution in [2.24, 2.45) is 0 Å². The van der Waals surface area contributed by atoms with Crippen molar-refractivity contribution < 1.29 is 0 Å². The molecule has 360 valence electrons. The van der Waals surface area contributed by atoms with Gasteiger partial charge in [-0.3, -0.25) is 0 Å². The average molecular weight is 933 g/mol. The summed E-state index contributed by atoms with van der Waals surface area (Å²) in [7, 11) is 0. The molecule has 4 heteroatoms. The monoisotopic (exact) mass is 933 g/mol. The molecule has 0 saturated carbocycles. The Bertz CT molecular complexity index is 3150. The molecule has 6 aromatic rings. The van der Waals surface area contributed by atoms with Gasteiger partial charge in [0.25, 0.3) is 6.71 Å². The lowest BCUT2D eigenvalue weighted by molar-refractivity contribution is 0.331. The first-order valence-corrected chi connectivity index (χ1v) is 27.5. The first kappa shape index (κ1) is 47.1. The van der Waals surface area contributed by atoms with Crippen LogP contribution in [0.2, 0.25) is 0 Å². The molecule has 2 nitrogen and oxygen atoms in total. The maximum absolute atomic E-state index is 2.79. The molecule has 0 atom stereocenters. The van der Waals surface area contributed by atoms with E-state index < -0.39 is 0 Å². The van der Waals surface area contributed by atoms with E-state index in [1.54, 1.807) is 11.1 Å². The van der Waals surface area contributed by atoms with Crippen molar-refractivity contribution in [1.29, 1.82) is 0 Å². The molecule has 0 amide bonds. The molecule has 2 aliphatic heterocycles. The number of anilines is 6. The summed E-state index contributed by atoms with van der Waals surface area (Å²) in [5, 5.41) is 1.41. The van der Waals surface area contributed by atoms with Crippen molar-refractivity contribution in [3.63, 3.8) is 0 Å². The average Bonchev–Trinajstić information content (AvgIpc) is 3.62. The normalized spacial score (nSPS) is 20.9. The quantitative estimate of drug-likeness (QED) is 0.159. The number of thiophene rings is 1. The van der Waals surface area contributed by atoms with Crippen LogP contribution in [0.4, 0.5) is 34.1 Å². The Kier molecular flexibility index (Phi) is 9.86. The Morgan fingerprint density at radius 2 is 0.870 bits per heavy atom. The second kappa shape index (κ2) is 14.4. The summed E-state index contributed by atoms with van der Waals surface area (Å²) in [6.45, 7) is 46.7. The molecule has 5 aromatic carbocycles. The van der Waals surface area contributed by atoms with Crippen molar-refractivity contribution in [3.05, 3.63) is 123 Å². The summed E-state index contributed by atoms with van der Waals surface area (Å²) in [4.78, 5) is 5.52. The van der Waals surface area contributed by atoms with Crippen molar-refractivity contribution in [2.45, 2.75) is 213 Å². The highest BCUT2D eigenvalue weighted by molar-refractivity contribution is 7.33. The molecule has 3 aliphatic carbocycles. The molecule has 0 spiro atoms. The highest BCUT2D eigenvalue weighted by atomic mass is 32.1. The molecule has 0 saturated heterocycles. The molecule has 0 bridgehead atoms. The van der Waals surface area contributed by atoms with E-state index >= 15 is 0 Å². The van der Waals surface area contributed by atoms with Crippen LogP contribution in [0.15, 0.2) is 72.8 Å². The fraction of sp³-hybridized carbons (Fsp3) is 0.508. The van der Waals surface area contributed by atoms with Gasteiger partial charge in [-0.1, -0.05) is 149 Å². The maximum Gasteiger partial charge on any atom is 0.264 e. The summed E-state index contributed by atoms with van der Waals surface area (Å²) in [5.41, 5.74) is 24.7. The van der Waals surface area contributed by atoms with Gasteiger partial charge in [-0.05, 0) is 198 Å². The lowest BCUT2D eigenvalue weighted by Crippen LogP contribution is -2.61. The van der Waals surface area contributed by atoms with Gasteiger partial charge < -0.3 is 9.80 Å². The molecule has 0 fully saturated rings. The van der Waals surface area contributed by atoms with Gasteiger partial charge in [0.2, 0.25) is 0 Å². The van der Waals surface area contributed by atoms with Crippen molar-refractivity contribution in [3.8, 4) is 0 Å². The first-order chi connectivity index (χ1) is 31.8. The second-order valence-corrected chi connectivity index (χ2v) is 29.8. The first-order valence-electron chi connectivity index (χ1n) is 26.7. The number of benzene rings is 5. The predicted molar refractivity (Wildman–Crippen MR) is 304 cm³/mol. The summed E-state index contributed by atoms with van der Waals surface area (Å²) in [5.74, 6) is 0. The van der Waals surface area contributed by atoms with E-state index in [4.69, 9.17) is 0 Å². The molecular formula is C65H81BN2S. The van der Waals surface area contributed by atoms with Gasteiger partial charge in [-0.25, -0.2) is 0 Å². The zero-order valence-electron chi connectivity index (χ0n) is 46.1. The Hall–Kier alpha value is -4.28. The third kappa shape index (κ3) is 6.96. The van der Waals surface area contributed by atoms with Crippen LogP contribution in [0, 0.1) is 6.92 Å². The lowest BCUT2D eigenvalue weighted by atomic mass is 9.35. The van der Waals surface area contributed by atoms with Crippen molar-refractivity contribution in [1.82, 2.24) is 0 Å². The van der Waals surface area contributed by atoms with E-state index in [1.165, 1.54) is 137 Å². The van der Waals surface area contributed by atoms with Gasteiger partial charge in [0.15, 0.2) is 0 Å². The van der Waals surface area contributed by atoms with Gasteiger partial charge >= 0.3 is 0 Å². The Morgan fingerprint density at radius 3 is 1.36 bits per heavy atom. The van der Waals surface area contributed by atoms with Crippen molar-refractivity contribution >= 4 is 78.0 Å². The third-order valence-corrected chi connectivity index (χ3v) is 20.1. The SMILES string of the molecule is Cc1cc2c(cc1N1c3cc4c(cc3B3c5sc6cc7c(cc6c5N(c5ccc(C(C)(C)C)cc5)c5cc(C(C)(C)C)cc1c53)C(C)(C)CCC7(C)C)C(C)(C)CCC4(C)C)C(C)(C)CCC2(C)C. The largest absolute Gasteiger partial charge is 0.311 e. The molecule has 11 rings (SSSR count). The van der Waals surface area contributed by atoms with E-state index in [2.05, 4.69) is 225 Å². The third-order valence-electron chi connectivity index (χ3n) is 18.9. The Labute approximate surface area is 421 Å². The van der Waals surface area contributed by atoms with Crippen LogP contribution in [0.3, 0.4) is 0 Å². The van der Waals surface area contributed by atoms with E-state index in [0.717, 1.165) is 0 Å². The van der Waals surface area contributed by atoms with Crippen molar-refractivity contribution in [2.75, 3.05) is 9.80 Å². The zero-order valence-corrected chi connectivity index (χ0v) is 46.9. The van der Waals surface area contributed by atoms with Crippen LogP contribution in [0.25, 0.3) is 10.1 Å². The summed E-state index contributed by atoms with van der Waals surface area (Å²) in [6, 6.07) is 30.9. The number of hydrogen-bond donors (Lipinski definition) is 0. The fourth-order valence-electron chi connectivity index (χ4n) is 13.6. The standard InChI is InChI=1S/C65H81BN2S/c1-38-30-43-46(63(14,15)27-24-60(43,8)9)35-50(38)68-51-36-47-45(62(12,13)26-28-64(47,16)17)34-49(51)66-55-52(31-40(32-53(55)68)59(5,6)7)67(41-22-20-39(21-23-41)58(2,3)4)56-42-33-44-48(37-54(42)69-57(56)66)65(18,19)29-25-61(44,10)11/h20-23,30-37H,24-29H2,1-19H3. The zero-order chi connectivity index (χ0) is 49.7. The number of rotatable bonds is 2. The van der Waals surface area contributed by atoms with Gasteiger partial charge in [-0.15, -0.1) is 11.3 Å². The predicted octanol–water partition coefficient (Wildman–Crippen LogP) is 16.9. The minimum absolute atomic E-state index is 0.0523. The molecule has 0 radical (unpaired) electrons. The van der Waals surface area contributed by atoms with Crippen LogP contribution >= 0.6 is 11.3 Å². The highest BCUT2D eigenvalue weighted by Crippen LogP contribution is 2.56. The second-order valence-electron chi connectivity index (χ2n) is 28.7. The molecule has 0 N–H and O–H groups in total. The fourth-order valence-corrected chi connectivity index (χ4v) is 15.0. The van der Waals surface area contributed by atoms with Gasteiger partial charge in [0.1, 0.15) is 0 Å². The van der Waals surface area contributed by atoms with Crippen LogP contribution < -0.4 is 25.5 Å². The topological polar surface area (TPSA) is 6.48 Å². The molecular weight excluding hydrogens is 852 g/mol. The number of nitrogens with zero attached hydrogens (tertiary/aromatic N) is 2.